The second kappa shape index (κ2) is 7.43. The molecule has 0 aliphatic carbocycles. The molecule has 0 aromatic heterocycles. The summed E-state index contributed by atoms with van der Waals surface area (Å²) in [5.41, 5.74) is 6.88. The predicted octanol–water partition coefficient (Wildman–Crippen LogP) is 1.71. The molecule has 0 saturated carbocycles. The van der Waals surface area contributed by atoms with Crippen LogP contribution >= 0.6 is 0 Å². The van der Waals surface area contributed by atoms with Crippen LogP contribution in [0.25, 0.3) is 0 Å². The number of carboxylic acid groups (broad SMARTS) is 1. The minimum Gasteiger partial charge on any atom is -0.497 e. The lowest BCUT2D eigenvalue weighted by Crippen LogP contribution is -2.38. The maximum absolute atomic E-state index is 10.8. The van der Waals surface area contributed by atoms with Gasteiger partial charge in [-0.05, 0) is 56.0 Å². The smallest absolute Gasteiger partial charge is 0.320 e. The molecule has 1 aliphatic heterocycles. The van der Waals surface area contributed by atoms with E-state index in [0.717, 1.165) is 38.2 Å². The van der Waals surface area contributed by atoms with Crippen LogP contribution in [0.15, 0.2) is 24.3 Å². The lowest BCUT2D eigenvalue weighted by atomic mass is 9.90. The van der Waals surface area contributed by atoms with Gasteiger partial charge >= 0.3 is 5.97 Å². The number of hydrogen-bond donors (Lipinski definition) is 2. The number of hydrogen-bond acceptors (Lipinski definition) is 4. The molecular formula is C16H24N2O3. The van der Waals surface area contributed by atoms with Gasteiger partial charge in [0.1, 0.15) is 11.8 Å². The van der Waals surface area contributed by atoms with E-state index in [2.05, 4.69) is 17.0 Å². The number of methoxy groups -OCH3 is 1. The fourth-order valence-electron chi connectivity index (χ4n) is 2.83. The normalized spacial score (nSPS) is 18.4. The van der Waals surface area contributed by atoms with Crippen molar-refractivity contribution in [1.82, 2.24) is 4.90 Å². The van der Waals surface area contributed by atoms with Crippen LogP contribution in [-0.4, -0.2) is 42.2 Å². The average Bonchev–Trinajstić information content (AvgIpc) is 2.50. The number of aliphatic carboxylic acids is 1. The van der Waals surface area contributed by atoms with Crippen molar-refractivity contribution in [2.45, 2.75) is 31.8 Å². The zero-order chi connectivity index (χ0) is 15.2. The van der Waals surface area contributed by atoms with Gasteiger partial charge in [-0.3, -0.25) is 9.69 Å². The number of nitrogens with zero attached hydrogens (tertiary/aromatic N) is 1. The summed E-state index contributed by atoms with van der Waals surface area (Å²) in [6, 6.07) is 7.42. The van der Waals surface area contributed by atoms with Crippen LogP contribution in [0.2, 0.25) is 0 Å². The molecule has 1 saturated heterocycles. The van der Waals surface area contributed by atoms with E-state index in [1.165, 1.54) is 5.56 Å². The monoisotopic (exact) mass is 292 g/mol. The van der Waals surface area contributed by atoms with E-state index in [1.807, 2.05) is 12.1 Å². The van der Waals surface area contributed by atoms with Gasteiger partial charge in [-0.2, -0.15) is 0 Å². The molecule has 3 N–H and O–H groups in total. The highest BCUT2D eigenvalue weighted by molar-refractivity contribution is 5.73. The van der Waals surface area contributed by atoms with Gasteiger partial charge in [-0.25, -0.2) is 0 Å². The number of benzene rings is 1. The Morgan fingerprint density at radius 2 is 2.00 bits per heavy atom. The molecule has 1 aliphatic rings. The minimum atomic E-state index is -0.893. The molecule has 0 radical (unpaired) electrons. The summed E-state index contributed by atoms with van der Waals surface area (Å²) in [5.74, 6) is 0.416. The number of likely N-dealkylation sites (tertiary alicyclic amines) is 1. The second-order valence-corrected chi connectivity index (χ2v) is 5.75. The standard InChI is InChI=1S/C16H24N2O3/c1-21-14-4-2-13(3-5-14)11-18-8-6-12(7-9-18)10-15(17)16(19)20/h2-5,12,15H,6-11,17H2,1H3,(H,19,20). The first kappa shape index (κ1) is 15.8. The summed E-state index contributed by atoms with van der Waals surface area (Å²) < 4.78 is 5.16. The van der Waals surface area contributed by atoms with Gasteiger partial charge in [0, 0.05) is 6.54 Å². The van der Waals surface area contributed by atoms with Crippen LogP contribution in [0.4, 0.5) is 0 Å². The van der Waals surface area contributed by atoms with Crippen LogP contribution in [0.5, 0.6) is 5.75 Å². The number of rotatable bonds is 6. The highest BCUT2D eigenvalue weighted by atomic mass is 16.5. The third kappa shape index (κ3) is 4.72. The van der Waals surface area contributed by atoms with Crippen LogP contribution in [0.1, 0.15) is 24.8 Å². The fraction of sp³-hybridized carbons (Fsp3) is 0.562. The van der Waals surface area contributed by atoms with Gasteiger partial charge in [-0.15, -0.1) is 0 Å². The largest absolute Gasteiger partial charge is 0.497 e. The quantitative estimate of drug-likeness (QED) is 0.835. The van der Waals surface area contributed by atoms with Gasteiger partial charge in [0.25, 0.3) is 0 Å². The lowest BCUT2D eigenvalue weighted by Gasteiger charge is -2.32. The average molecular weight is 292 g/mol. The second-order valence-electron chi connectivity index (χ2n) is 5.75. The van der Waals surface area contributed by atoms with Crippen LogP contribution in [0, 0.1) is 5.92 Å². The molecule has 1 aromatic rings. The van der Waals surface area contributed by atoms with Crippen LogP contribution in [-0.2, 0) is 11.3 Å². The Hall–Kier alpha value is -1.59. The first-order valence-corrected chi connectivity index (χ1v) is 7.42. The highest BCUT2D eigenvalue weighted by Gasteiger charge is 2.23. The van der Waals surface area contributed by atoms with Gasteiger partial charge < -0.3 is 15.6 Å². The molecule has 0 bridgehead atoms. The predicted molar refractivity (Wildman–Crippen MR) is 81.2 cm³/mol. The van der Waals surface area contributed by atoms with Crippen molar-refractivity contribution in [3.8, 4) is 5.75 Å². The zero-order valence-electron chi connectivity index (χ0n) is 12.5. The van der Waals surface area contributed by atoms with Crippen molar-refractivity contribution in [1.29, 1.82) is 0 Å². The van der Waals surface area contributed by atoms with E-state index < -0.39 is 12.0 Å². The molecule has 1 fully saturated rings. The molecular weight excluding hydrogens is 268 g/mol. The topological polar surface area (TPSA) is 75.8 Å². The molecule has 21 heavy (non-hydrogen) atoms. The van der Waals surface area contributed by atoms with Crippen molar-refractivity contribution < 1.29 is 14.6 Å². The van der Waals surface area contributed by atoms with Gasteiger partial charge in [-0.1, -0.05) is 12.1 Å². The molecule has 116 valence electrons. The van der Waals surface area contributed by atoms with E-state index in [4.69, 9.17) is 15.6 Å². The number of carbonyl (C=O) groups is 1. The molecule has 1 atom stereocenters. The minimum absolute atomic E-state index is 0.434. The van der Waals surface area contributed by atoms with E-state index in [-0.39, 0.29) is 0 Å². The first-order chi connectivity index (χ1) is 10.1. The van der Waals surface area contributed by atoms with E-state index in [0.29, 0.717) is 12.3 Å². The van der Waals surface area contributed by atoms with Crippen molar-refractivity contribution >= 4 is 5.97 Å². The number of nitrogens with two attached hydrogens (primary N) is 1. The maximum Gasteiger partial charge on any atom is 0.320 e. The van der Waals surface area contributed by atoms with Crippen LogP contribution in [0.3, 0.4) is 0 Å². The summed E-state index contributed by atoms with van der Waals surface area (Å²) in [6.45, 7) is 2.94. The highest BCUT2D eigenvalue weighted by Crippen LogP contribution is 2.23. The third-order valence-corrected chi connectivity index (χ3v) is 4.18. The summed E-state index contributed by atoms with van der Waals surface area (Å²) in [5, 5.41) is 8.86. The molecule has 1 unspecified atom stereocenters. The van der Waals surface area contributed by atoms with Crippen molar-refractivity contribution in [3.63, 3.8) is 0 Å². The van der Waals surface area contributed by atoms with E-state index >= 15 is 0 Å². The molecule has 2 rings (SSSR count). The zero-order valence-corrected chi connectivity index (χ0v) is 12.5. The Kier molecular flexibility index (Phi) is 5.59. The van der Waals surface area contributed by atoms with E-state index in [1.54, 1.807) is 7.11 Å². The summed E-state index contributed by atoms with van der Waals surface area (Å²) in [7, 11) is 1.67. The van der Waals surface area contributed by atoms with Gasteiger partial charge in [0.2, 0.25) is 0 Å². The first-order valence-electron chi connectivity index (χ1n) is 7.42. The van der Waals surface area contributed by atoms with Crippen molar-refractivity contribution in [2.75, 3.05) is 20.2 Å². The summed E-state index contributed by atoms with van der Waals surface area (Å²) in [6.07, 6.45) is 2.64. The Bertz CT molecular complexity index is 453. The number of ether oxygens (including phenoxy) is 1. The SMILES string of the molecule is COc1ccc(CN2CCC(CC(N)C(=O)O)CC2)cc1. The summed E-state index contributed by atoms with van der Waals surface area (Å²) >= 11 is 0. The molecule has 5 heteroatoms. The Balaban J connectivity index is 1.77. The van der Waals surface area contributed by atoms with Crippen LogP contribution < -0.4 is 10.5 Å². The maximum atomic E-state index is 10.8. The molecule has 1 heterocycles. The lowest BCUT2D eigenvalue weighted by molar-refractivity contribution is -0.139. The molecule has 5 nitrogen and oxygen atoms in total. The van der Waals surface area contributed by atoms with Gasteiger partial charge in [0.05, 0.1) is 7.11 Å². The molecule has 0 amide bonds. The molecule has 0 spiro atoms. The number of piperidine rings is 1. The van der Waals surface area contributed by atoms with E-state index in [9.17, 15) is 4.79 Å². The number of carboxylic acids is 1. The van der Waals surface area contributed by atoms with Crippen molar-refractivity contribution in [2.24, 2.45) is 11.7 Å². The Morgan fingerprint density at radius 1 is 1.38 bits per heavy atom. The van der Waals surface area contributed by atoms with Gasteiger partial charge in [0.15, 0.2) is 0 Å². The Morgan fingerprint density at radius 3 is 2.52 bits per heavy atom. The third-order valence-electron chi connectivity index (χ3n) is 4.18. The fourth-order valence-corrected chi connectivity index (χ4v) is 2.83. The van der Waals surface area contributed by atoms with Crippen molar-refractivity contribution in [3.05, 3.63) is 29.8 Å². The summed E-state index contributed by atoms with van der Waals surface area (Å²) in [4.78, 5) is 13.2. The Labute approximate surface area is 125 Å². The molecule has 1 aromatic carbocycles.